The quantitative estimate of drug-likeness (QED) is 0.775. The summed E-state index contributed by atoms with van der Waals surface area (Å²) < 4.78 is 0. The van der Waals surface area contributed by atoms with Crippen molar-refractivity contribution in [1.29, 1.82) is 0 Å². The van der Waals surface area contributed by atoms with Gasteiger partial charge >= 0.3 is 0 Å². The minimum atomic E-state index is 0.309. The molecule has 1 aliphatic carbocycles. The molecule has 1 aliphatic heterocycles. The average Bonchev–Trinajstić information content (AvgIpc) is 3.13. The first kappa shape index (κ1) is 15.3. The largest absolute Gasteiger partial charge is 0.342 e. The summed E-state index contributed by atoms with van der Waals surface area (Å²) in [5.41, 5.74) is 3.00. The molecule has 4 heteroatoms. The molecular weight excluding hydrogens is 298 g/mol. The highest BCUT2D eigenvalue weighted by molar-refractivity contribution is 8.00. The minimum absolute atomic E-state index is 0.309. The Morgan fingerprint density at radius 2 is 2.19 bits per heavy atom. The maximum atomic E-state index is 12.3. The third-order valence-electron chi connectivity index (χ3n) is 4.47. The van der Waals surface area contributed by atoms with E-state index in [1.54, 1.807) is 11.8 Å². The number of fused-ring (bicyclic) bond motifs is 1. The molecule has 0 saturated carbocycles. The Balaban J connectivity index is 1.50. The molecule has 1 aromatic carbocycles. The molecule has 0 spiro atoms. The molecule has 1 fully saturated rings. The van der Waals surface area contributed by atoms with Crippen LogP contribution in [0.4, 0.5) is 0 Å². The van der Waals surface area contributed by atoms with Crippen LogP contribution in [-0.2, 0) is 17.6 Å². The van der Waals surface area contributed by atoms with Crippen LogP contribution in [0.15, 0.2) is 23.1 Å². The molecule has 2 aliphatic rings. The molecule has 1 aromatic rings. The predicted octanol–water partition coefficient (Wildman–Crippen LogP) is 3.48. The van der Waals surface area contributed by atoms with Crippen LogP contribution < -0.4 is 0 Å². The topological polar surface area (TPSA) is 20.3 Å². The SMILES string of the molecule is CSC[C@H]1CCN(C(=O)CSc2ccc3c(c2)CCC3)C1. The maximum absolute atomic E-state index is 12.3. The number of amides is 1. The molecule has 3 rings (SSSR count). The van der Waals surface area contributed by atoms with E-state index in [1.807, 2.05) is 11.8 Å². The lowest BCUT2D eigenvalue weighted by molar-refractivity contribution is -0.127. The van der Waals surface area contributed by atoms with E-state index in [9.17, 15) is 4.79 Å². The van der Waals surface area contributed by atoms with Gasteiger partial charge in [0.05, 0.1) is 5.75 Å². The summed E-state index contributed by atoms with van der Waals surface area (Å²) in [6.07, 6.45) is 7.04. The van der Waals surface area contributed by atoms with Crippen LogP contribution in [0.1, 0.15) is 24.0 Å². The van der Waals surface area contributed by atoms with Gasteiger partial charge in [-0.3, -0.25) is 4.79 Å². The number of hydrogen-bond donors (Lipinski definition) is 0. The molecule has 1 saturated heterocycles. The summed E-state index contributed by atoms with van der Waals surface area (Å²) in [7, 11) is 0. The second-order valence-corrected chi connectivity index (χ2v) is 7.98. The van der Waals surface area contributed by atoms with E-state index >= 15 is 0 Å². The first-order valence-corrected chi connectivity index (χ1v) is 10.2. The summed E-state index contributed by atoms with van der Waals surface area (Å²) in [4.78, 5) is 15.6. The van der Waals surface area contributed by atoms with Crippen molar-refractivity contribution >= 4 is 29.4 Å². The molecule has 21 heavy (non-hydrogen) atoms. The van der Waals surface area contributed by atoms with Gasteiger partial charge in [0.1, 0.15) is 0 Å². The van der Waals surface area contributed by atoms with Gasteiger partial charge in [0, 0.05) is 18.0 Å². The van der Waals surface area contributed by atoms with Crippen molar-refractivity contribution in [1.82, 2.24) is 4.90 Å². The van der Waals surface area contributed by atoms with Gasteiger partial charge in [0.15, 0.2) is 0 Å². The first-order chi connectivity index (χ1) is 10.3. The summed E-state index contributed by atoms with van der Waals surface area (Å²) in [6.45, 7) is 1.92. The standard InChI is InChI=1S/C17H23NOS2/c1-20-11-13-7-8-18(10-13)17(19)12-21-16-6-5-14-3-2-4-15(14)9-16/h5-6,9,13H,2-4,7-8,10-12H2,1H3/t13-/m0/s1. The molecule has 2 nitrogen and oxygen atoms in total. The van der Waals surface area contributed by atoms with Crippen LogP contribution in [-0.4, -0.2) is 41.7 Å². The zero-order valence-electron chi connectivity index (χ0n) is 12.6. The summed E-state index contributed by atoms with van der Waals surface area (Å²) in [5, 5.41) is 0. The van der Waals surface area contributed by atoms with Crippen molar-refractivity contribution in [2.24, 2.45) is 5.92 Å². The molecule has 1 amide bonds. The molecule has 0 N–H and O–H groups in total. The zero-order valence-corrected chi connectivity index (χ0v) is 14.3. The molecule has 1 heterocycles. The van der Waals surface area contributed by atoms with Gasteiger partial charge in [-0.2, -0.15) is 11.8 Å². The first-order valence-electron chi connectivity index (χ1n) is 7.77. The number of rotatable bonds is 5. The smallest absolute Gasteiger partial charge is 0.232 e. The highest BCUT2D eigenvalue weighted by atomic mass is 32.2. The van der Waals surface area contributed by atoms with Crippen LogP contribution in [0.2, 0.25) is 0 Å². The predicted molar refractivity (Wildman–Crippen MR) is 92.3 cm³/mol. The van der Waals surface area contributed by atoms with Gasteiger partial charge in [0.25, 0.3) is 0 Å². The van der Waals surface area contributed by atoms with Crippen molar-refractivity contribution in [3.8, 4) is 0 Å². The lowest BCUT2D eigenvalue weighted by Crippen LogP contribution is -2.30. The third kappa shape index (κ3) is 3.78. The Bertz CT molecular complexity index is 518. The maximum Gasteiger partial charge on any atom is 0.232 e. The molecule has 1 atom stereocenters. The van der Waals surface area contributed by atoms with Crippen molar-refractivity contribution in [3.63, 3.8) is 0 Å². The van der Waals surface area contributed by atoms with Crippen molar-refractivity contribution in [2.45, 2.75) is 30.6 Å². The van der Waals surface area contributed by atoms with Gasteiger partial charge < -0.3 is 4.90 Å². The van der Waals surface area contributed by atoms with E-state index in [0.717, 1.165) is 13.1 Å². The third-order valence-corrected chi connectivity index (χ3v) is 6.26. The van der Waals surface area contributed by atoms with Gasteiger partial charge in [-0.25, -0.2) is 0 Å². The van der Waals surface area contributed by atoms with Crippen LogP contribution >= 0.6 is 23.5 Å². The lowest BCUT2D eigenvalue weighted by atomic mass is 10.1. The molecule has 0 unspecified atom stereocenters. The number of nitrogens with zero attached hydrogens (tertiary/aromatic N) is 1. The van der Waals surface area contributed by atoms with E-state index in [0.29, 0.717) is 17.6 Å². The van der Waals surface area contributed by atoms with E-state index < -0.39 is 0 Å². The number of likely N-dealkylation sites (tertiary alicyclic amines) is 1. The fraction of sp³-hybridized carbons (Fsp3) is 0.588. The normalized spacial score (nSPS) is 20.8. The monoisotopic (exact) mass is 321 g/mol. The second kappa shape index (κ2) is 7.10. The van der Waals surface area contributed by atoms with E-state index in [4.69, 9.17) is 0 Å². The van der Waals surface area contributed by atoms with Crippen molar-refractivity contribution in [2.75, 3.05) is 30.9 Å². The fourth-order valence-corrected chi connectivity index (χ4v) is 4.91. The molecule has 0 bridgehead atoms. The van der Waals surface area contributed by atoms with E-state index in [-0.39, 0.29) is 0 Å². The number of benzene rings is 1. The molecule has 0 aromatic heterocycles. The number of carbonyl (C=O) groups excluding carboxylic acids is 1. The van der Waals surface area contributed by atoms with Gasteiger partial charge in [-0.1, -0.05) is 6.07 Å². The average molecular weight is 322 g/mol. The Morgan fingerprint density at radius 1 is 1.33 bits per heavy atom. The summed E-state index contributed by atoms with van der Waals surface area (Å²) >= 11 is 3.59. The Hall–Kier alpha value is -0.610. The molecular formula is C17H23NOS2. The van der Waals surface area contributed by atoms with Gasteiger partial charge in [-0.05, 0) is 66.9 Å². The van der Waals surface area contributed by atoms with E-state index in [2.05, 4.69) is 29.4 Å². The number of hydrogen-bond acceptors (Lipinski definition) is 3. The van der Waals surface area contributed by atoms with Crippen LogP contribution in [0.25, 0.3) is 0 Å². The van der Waals surface area contributed by atoms with Crippen LogP contribution in [0, 0.1) is 5.92 Å². The van der Waals surface area contributed by atoms with E-state index in [1.165, 1.54) is 47.5 Å². The number of thioether (sulfide) groups is 2. The highest BCUT2D eigenvalue weighted by Crippen LogP contribution is 2.28. The number of carbonyl (C=O) groups is 1. The molecule has 114 valence electrons. The zero-order chi connectivity index (χ0) is 14.7. The Labute approximate surface area is 136 Å². The van der Waals surface area contributed by atoms with Gasteiger partial charge in [-0.15, -0.1) is 11.8 Å². The highest BCUT2D eigenvalue weighted by Gasteiger charge is 2.25. The fourth-order valence-electron chi connectivity index (χ4n) is 3.31. The lowest BCUT2D eigenvalue weighted by Gasteiger charge is -2.16. The Kier molecular flexibility index (Phi) is 5.17. The summed E-state index contributed by atoms with van der Waals surface area (Å²) in [5.74, 6) is 2.78. The second-order valence-electron chi connectivity index (χ2n) is 6.02. The minimum Gasteiger partial charge on any atom is -0.342 e. The summed E-state index contributed by atoms with van der Waals surface area (Å²) in [6, 6.07) is 6.73. The number of aryl methyl sites for hydroxylation is 2. The van der Waals surface area contributed by atoms with Crippen LogP contribution in [0.5, 0.6) is 0 Å². The molecule has 0 radical (unpaired) electrons. The van der Waals surface area contributed by atoms with Crippen molar-refractivity contribution in [3.05, 3.63) is 29.3 Å². The van der Waals surface area contributed by atoms with Crippen molar-refractivity contribution < 1.29 is 4.79 Å². The Morgan fingerprint density at radius 3 is 3.05 bits per heavy atom. The van der Waals surface area contributed by atoms with Crippen LogP contribution in [0.3, 0.4) is 0 Å². The van der Waals surface area contributed by atoms with Gasteiger partial charge in [0.2, 0.25) is 5.91 Å².